The predicted molar refractivity (Wildman–Crippen MR) is 87.0 cm³/mol. The Kier molecular flexibility index (Phi) is 5.05. The van der Waals surface area contributed by atoms with Crippen molar-refractivity contribution < 1.29 is 0 Å². The molecule has 2 aromatic rings. The third-order valence-electron chi connectivity index (χ3n) is 3.11. The molecule has 0 saturated carbocycles. The van der Waals surface area contributed by atoms with Crippen LogP contribution in [-0.2, 0) is 0 Å². The molecule has 2 rings (SSSR count). The van der Waals surface area contributed by atoms with Crippen molar-refractivity contribution in [3.05, 3.63) is 63.1 Å². The molecule has 0 aliphatic rings. The molecule has 0 saturated heterocycles. The van der Waals surface area contributed by atoms with E-state index in [0.29, 0.717) is 10.6 Å². The average molecular weight is 350 g/mol. The number of hydrogen-bond acceptors (Lipinski definition) is 2. The van der Waals surface area contributed by atoms with Gasteiger partial charge in [0.25, 0.3) is 0 Å². The standard InChI is InChI=1S/C16H14BrClN2/c1-2-16(11-3-5-13(17)6-4-11)20-14-7-8-15(18)12(9-14)10-19/h3-9,16,20H,2H2,1H3. The quantitative estimate of drug-likeness (QED) is 0.787. The van der Waals surface area contributed by atoms with Gasteiger partial charge in [0.05, 0.1) is 16.6 Å². The second-order valence-corrected chi connectivity index (χ2v) is 5.79. The summed E-state index contributed by atoms with van der Waals surface area (Å²) in [6.45, 7) is 2.13. The number of hydrogen-bond donors (Lipinski definition) is 1. The van der Waals surface area contributed by atoms with Crippen LogP contribution in [0.2, 0.25) is 5.02 Å². The van der Waals surface area contributed by atoms with E-state index in [1.54, 1.807) is 12.1 Å². The minimum absolute atomic E-state index is 0.204. The molecular formula is C16H14BrClN2. The Hall–Kier alpha value is -1.50. The fraction of sp³-hybridized carbons (Fsp3) is 0.188. The first kappa shape index (κ1) is 14.9. The molecule has 1 N–H and O–H groups in total. The van der Waals surface area contributed by atoms with Crippen molar-refractivity contribution in [3.8, 4) is 6.07 Å². The molecule has 0 heterocycles. The smallest absolute Gasteiger partial charge is 0.101 e. The molecule has 2 nitrogen and oxygen atoms in total. The van der Waals surface area contributed by atoms with Crippen molar-refractivity contribution >= 4 is 33.2 Å². The van der Waals surface area contributed by atoms with E-state index < -0.39 is 0 Å². The maximum Gasteiger partial charge on any atom is 0.101 e. The summed E-state index contributed by atoms with van der Waals surface area (Å²) < 4.78 is 1.06. The highest BCUT2D eigenvalue weighted by molar-refractivity contribution is 9.10. The summed E-state index contributed by atoms with van der Waals surface area (Å²) in [4.78, 5) is 0. The van der Waals surface area contributed by atoms with E-state index in [9.17, 15) is 0 Å². The van der Waals surface area contributed by atoms with Gasteiger partial charge in [-0.1, -0.05) is 46.6 Å². The fourth-order valence-corrected chi connectivity index (χ4v) is 2.44. The second kappa shape index (κ2) is 6.78. The van der Waals surface area contributed by atoms with Crippen LogP contribution in [0, 0.1) is 11.3 Å². The molecular weight excluding hydrogens is 336 g/mol. The zero-order valence-electron chi connectivity index (χ0n) is 11.0. The van der Waals surface area contributed by atoms with Crippen molar-refractivity contribution in [2.45, 2.75) is 19.4 Å². The van der Waals surface area contributed by atoms with Crippen LogP contribution < -0.4 is 5.32 Å². The van der Waals surface area contributed by atoms with E-state index in [-0.39, 0.29) is 6.04 Å². The summed E-state index contributed by atoms with van der Waals surface area (Å²) in [6, 6.07) is 16.0. The number of benzene rings is 2. The van der Waals surface area contributed by atoms with E-state index in [1.165, 1.54) is 5.56 Å². The van der Waals surface area contributed by atoms with Crippen molar-refractivity contribution in [2.24, 2.45) is 0 Å². The second-order valence-electron chi connectivity index (χ2n) is 4.46. The summed E-state index contributed by atoms with van der Waals surface area (Å²) in [5.74, 6) is 0. The Morgan fingerprint density at radius 3 is 2.55 bits per heavy atom. The van der Waals surface area contributed by atoms with Crippen LogP contribution in [-0.4, -0.2) is 0 Å². The topological polar surface area (TPSA) is 35.8 Å². The van der Waals surface area contributed by atoms with Crippen LogP contribution >= 0.6 is 27.5 Å². The third-order valence-corrected chi connectivity index (χ3v) is 3.97. The Bertz CT molecular complexity index is 632. The molecule has 20 heavy (non-hydrogen) atoms. The van der Waals surface area contributed by atoms with Crippen molar-refractivity contribution in [1.82, 2.24) is 0 Å². The van der Waals surface area contributed by atoms with Crippen LogP contribution in [0.1, 0.15) is 30.5 Å². The summed E-state index contributed by atoms with van der Waals surface area (Å²) in [7, 11) is 0. The van der Waals surface area contributed by atoms with Gasteiger partial charge in [-0.25, -0.2) is 0 Å². The number of rotatable bonds is 4. The Labute approximate surface area is 132 Å². The molecule has 0 bridgehead atoms. The number of anilines is 1. The first-order chi connectivity index (χ1) is 9.63. The largest absolute Gasteiger partial charge is 0.378 e. The van der Waals surface area contributed by atoms with Crippen molar-refractivity contribution in [3.63, 3.8) is 0 Å². The summed E-state index contributed by atoms with van der Waals surface area (Å²) in [5.41, 5.74) is 2.60. The van der Waals surface area contributed by atoms with Crippen LogP contribution in [0.4, 0.5) is 5.69 Å². The third kappa shape index (κ3) is 3.53. The molecule has 0 aliphatic carbocycles. The molecule has 2 aromatic carbocycles. The molecule has 102 valence electrons. The lowest BCUT2D eigenvalue weighted by Gasteiger charge is -2.19. The lowest BCUT2D eigenvalue weighted by Crippen LogP contribution is -2.09. The van der Waals surface area contributed by atoms with Gasteiger partial charge in [-0.2, -0.15) is 5.26 Å². The zero-order chi connectivity index (χ0) is 14.5. The van der Waals surface area contributed by atoms with Gasteiger partial charge >= 0.3 is 0 Å². The molecule has 1 unspecified atom stereocenters. The van der Waals surface area contributed by atoms with E-state index in [1.807, 2.05) is 18.2 Å². The molecule has 0 aromatic heterocycles. The molecule has 0 fully saturated rings. The van der Waals surface area contributed by atoms with Gasteiger partial charge in [0.2, 0.25) is 0 Å². The lowest BCUT2D eigenvalue weighted by atomic mass is 10.0. The van der Waals surface area contributed by atoms with Crippen molar-refractivity contribution in [2.75, 3.05) is 5.32 Å². The summed E-state index contributed by atoms with van der Waals surface area (Å²) in [5, 5.41) is 12.9. The van der Waals surface area contributed by atoms with E-state index in [0.717, 1.165) is 16.6 Å². The summed E-state index contributed by atoms with van der Waals surface area (Å²) >= 11 is 9.38. The summed E-state index contributed by atoms with van der Waals surface area (Å²) in [6.07, 6.45) is 0.951. The van der Waals surface area contributed by atoms with Gasteiger partial charge in [-0.15, -0.1) is 0 Å². The number of nitrogens with zero attached hydrogens (tertiary/aromatic N) is 1. The van der Waals surface area contributed by atoms with E-state index in [4.69, 9.17) is 16.9 Å². The number of halogens is 2. The molecule has 0 amide bonds. The molecule has 0 radical (unpaired) electrons. The SMILES string of the molecule is CCC(Nc1ccc(Cl)c(C#N)c1)c1ccc(Br)cc1. The average Bonchev–Trinajstić information content (AvgIpc) is 2.47. The van der Waals surface area contributed by atoms with Gasteiger partial charge in [-0.3, -0.25) is 0 Å². The minimum Gasteiger partial charge on any atom is -0.378 e. The highest BCUT2D eigenvalue weighted by Crippen LogP contribution is 2.26. The first-order valence-electron chi connectivity index (χ1n) is 6.35. The molecule has 4 heteroatoms. The minimum atomic E-state index is 0.204. The maximum absolute atomic E-state index is 9.01. The van der Waals surface area contributed by atoms with E-state index in [2.05, 4.69) is 46.4 Å². The van der Waals surface area contributed by atoms with Gasteiger partial charge in [0.15, 0.2) is 0 Å². The van der Waals surface area contributed by atoms with Gasteiger partial charge < -0.3 is 5.32 Å². The van der Waals surface area contributed by atoms with Crippen LogP contribution in [0.15, 0.2) is 46.9 Å². The molecule has 0 aliphatic heterocycles. The van der Waals surface area contributed by atoms with Gasteiger partial charge in [0, 0.05) is 10.2 Å². The monoisotopic (exact) mass is 348 g/mol. The maximum atomic E-state index is 9.01. The van der Waals surface area contributed by atoms with Gasteiger partial charge in [-0.05, 0) is 42.3 Å². The van der Waals surface area contributed by atoms with Crippen LogP contribution in [0.25, 0.3) is 0 Å². The fourth-order valence-electron chi connectivity index (χ4n) is 2.02. The number of nitrogens with one attached hydrogen (secondary N) is 1. The predicted octanol–water partition coefficient (Wildman–Crippen LogP) is 5.54. The van der Waals surface area contributed by atoms with Crippen LogP contribution in [0.3, 0.4) is 0 Å². The highest BCUT2D eigenvalue weighted by atomic mass is 79.9. The Morgan fingerprint density at radius 2 is 1.95 bits per heavy atom. The van der Waals surface area contributed by atoms with Crippen LogP contribution in [0.5, 0.6) is 0 Å². The first-order valence-corrected chi connectivity index (χ1v) is 7.52. The van der Waals surface area contributed by atoms with Gasteiger partial charge in [0.1, 0.15) is 6.07 Å². The molecule has 0 spiro atoms. The Morgan fingerprint density at radius 1 is 1.25 bits per heavy atom. The zero-order valence-corrected chi connectivity index (χ0v) is 13.4. The Balaban J connectivity index is 2.22. The van der Waals surface area contributed by atoms with E-state index >= 15 is 0 Å². The normalized spacial score (nSPS) is 11.7. The highest BCUT2D eigenvalue weighted by Gasteiger charge is 2.10. The van der Waals surface area contributed by atoms with Crippen molar-refractivity contribution in [1.29, 1.82) is 5.26 Å². The number of nitriles is 1. The lowest BCUT2D eigenvalue weighted by molar-refractivity contribution is 0.749. The molecule has 1 atom stereocenters.